The van der Waals surface area contributed by atoms with Crippen molar-refractivity contribution >= 4 is 6.16 Å². The summed E-state index contributed by atoms with van der Waals surface area (Å²) < 4.78 is 9.19. The average molecular weight is 131 g/mol. The molecule has 0 radical (unpaired) electrons. The molecule has 0 aromatic rings. The first-order valence-corrected chi connectivity index (χ1v) is 2.81. The Morgan fingerprint density at radius 1 is 1.89 bits per heavy atom. The zero-order valence-corrected chi connectivity index (χ0v) is 5.22. The highest BCUT2D eigenvalue weighted by molar-refractivity contribution is 5.61. The molecule has 0 aromatic carbocycles. The first kappa shape index (κ1) is 6.35. The van der Waals surface area contributed by atoms with Gasteiger partial charge < -0.3 is 14.8 Å². The van der Waals surface area contributed by atoms with Gasteiger partial charge in [-0.25, -0.2) is 4.79 Å². The molecule has 1 rings (SSSR count). The first-order chi connectivity index (χ1) is 4.33. The van der Waals surface area contributed by atoms with Crippen molar-refractivity contribution in [3.63, 3.8) is 0 Å². The number of nitrogens with one attached hydrogen (secondary N) is 1. The zero-order chi connectivity index (χ0) is 6.69. The number of carbonyl (C=O) groups excluding carboxylic acids is 1. The Hall–Kier alpha value is -0.770. The predicted octanol–water partition coefficient (Wildman–Crippen LogP) is -0.259. The van der Waals surface area contributed by atoms with Crippen LogP contribution in [0.25, 0.3) is 0 Å². The third-order valence-electron chi connectivity index (χ3n) is 1.08. The summed E-state index contributed by atoms with van der Waals surface area (Å²) in [5.41, 5.74) is 0. The van der Waals surface area contributed by atoms with Gasteiger partial charge in [0.1, 0.15) is 6.61 Å². The van der Waals surface area contributed by atoms with E-state index in [2.05, 4.69) is 14.8 Å². The maximum Gasteiger partial charge on any atom is 0.508 e. The normalized spacial score (nSPS) is 25.4. The lowest BCUT2D eigenvalue weighted by molar-refractivity contribution is 0.118. The van der Waals surface area contributed by atoms with Crippen LogP contribution >= 0.6 is 0 Å². The highest BCUT2D eigenvalue weighted by atomic mass is 16.8. The van der Waals surface area contributed by atoms with Gasteiger partial charge in [-0.1, -0.05) is 0 Å². The Morgan fingerprint density at radius 3 is 3.11 bits per heavy atom. The largest absolute Gasteiger partial charge is 0.508 e. The topological polar surface area (TPSA) is 47.6 Å². The summed E-state index contributed by atoms with van der Waals surface area (Å²) in [7, 11) is 1.80. The van der Waals surface area contributed by atoms with E-state index in [0.29, 0.717) is 13.2 Å². The standard InChI is InChI=1S/C5H9NO3/c1-6-2-4-3-8-5(7)9-4/h4,6H,2-3H2,1H3/t4-/m1/s1. The Kier molecular flexibility index (Phi) is 1.89. The molecule has 4 heteroatoms. The third-order valence-corrected chi connectivity index (χ3v) is 1.08. The SMILES string of the molecule is CNC[C@@H]1COC(=O)O1. The molecule has 52 valence electrons. The average Bonchev–Trinajstić information content (AvgIpc) is 2.17. The van der Waals surface area contributed by atoms with E-state index in [1.165, 1.54) is 0 Å². The fourth-order valence-corrected chi connectivity index (χ4v) is 0.693. The van der Waals surface area contributed by atoms with Gasteiger partial charge in [-0.05, 0) is 7.05 Å². The van der Waals surface area contributed by atoms with Gasteiger partial charge in [0, 0.05) is 6.54 Å². The molecule has 1 heterocycles. The molecule has 0 unspecified atom stereocenters. The van der Waals surface area contributed by atoms with Crippen LogP contribution in [0.1, 0.15) is 0 Å². The molecule has 0 aliphatic carbocycles. The van der Waals surface area contributed by atoms with Crippen molar-refractivity contribution in [1.82, 2.24) is 5.32 Å². The number of hydrogen-bond donors (Lipinski definition) is 1. The molecule has 4 nitrogen and oxygen atoms in total. The Bertz CT molecular complexity index is 115. The summed E-state index contributed by atoms with van der Waals surface area (Å²) in [5.74, 6) is 0. The number of ether oxygens (including phenoxy) is 2. The maximum absolute atomic E-state index is 10.3. The second-order valence-corrected chi connectivity index (χ2v) is 1.86. The molecule has 9 heavy (non-hydrogen) atoms. The zero-order valence-electron chi connectivity index (χ0n) is 5.22. The molecule has 1 atom stereocenters. The van der Waals surface area contributed by atoms with Gasteiger partial charge in [0.2, 0.25) is 0 Å². The molecule has 0 saturated carbocycles. The van der Waals surface area contributed by atoms with Crippen molar-refractivity contribution in [2.75, 3.05) is 20.2 Å². The Labute approximate surface area is 53.1 Å². The van der Waals surface area contributed by atoms with E-state index in [-0.39, 0.29) is 6.10 Å². The predicted molar refractivity (Wildman–Crippen MR) is 30.1 cm³/mol. The van der Waals surface area contributed by atoms with Crippen molar-refractivity contribution < 1.29 is 14.3 Å². The van der Waals surface area contributed by atoms with Crippen molar-refractivity contribution in [3.05, 3.63) is 0 Å². The van der Waals surface area contributed by atoms with Crippen LogP contribution in [-0.2, 0) is 9.47 Å². The fraction of sp³-hybridized carbons (Fsp3) is 0.800. The van der Waals surface area contributed by atoms with Crippen molar-refractivity contribution in [2.45, 2.75) is 6.10 Å². The second kappa shape index (κ2) is 2.68. The molecule has 1 aliphatic heterocycles. The summed E-state index contributed by atoms with van der Waals surface area (Å²) in [5, 5.41) is 2.87. The maximum atomic E-state index is 10.3. The smallest absolute Gasteiger partial charge is 0.430 e. The molecule has 1 N–H and O–H groups in total. The first-order valence-electron chi connectivity index (χ1n) is 2.81. The highest BCUT2D eigenvalue weighted by Crippen LogP contribution is 2.03. The van der Waals surface area contributed by atoms with Gasteiger partial charge in [-0.3, -0.25) is 0 Å². The molecule has 0 amide bonds. The minimum absolute atomic E-state index is 0.0949. The van der Waals surface area contributed by atoms with Crippen LogP contribution in [-0.4, -0.2) is 32.5 Å². The summed E-state index contributed by atoms with van der Waals surface area (Å²) in [6.07, 6.45) is -0.655. The summed E-state index contributed by atoms with van der Waals surface area (Å²) in [4.78, 5) is 10.3. The van der Waals surface area contributed by atoms with Crippen molar-refractivity contribution in [1.29, 1.82) is 0 Å². The third kappa shape index (κ3) is 1.57. The second-order valence-electron chi connectivity index (χ2n) is 1.86. The number of hydrogen-bond acceptors (Lipinski definition) is 4. The molecular weight excluding hydrogens is 122 g/mol. The number of likely N-dealkylation sites (N-methyl/N-ethyl adjacent to an activating group) is 1. The Balaban J connectivity index is 2.22. The van der Waals surface area contributed by atoms with Gasteiger partial charge in [-0.2, -0.15) is 0 Å². The van der Waals surface area contributed by atoms with Crippen LogP contribution in [0.15, 0.2) is 0 Å². The van der Waals surface area contributed by atoms with E-state index in [9.17, 15) is 4.79 Å². The number of carbonyl (C=O) groups is 1. The number of cyclic esters (lactones) is 2. The van der Waals surface area contributed by atoms with Crippen LogP contribution in [0, 0.1) is 0 Å². The minimum Gasteiger partial charge on any atom is -0.430 e. The molecular formula is C5H9NO3. The van der Waals surface area contributed by atoms with Gasteiger partial charge >= 0.3 is 6.16 Å². The number of rotatable bonds is 2. The minimum atomic E-state index is -0.560. The lowest BCUT2D eigenvalue weighted by Crippen LogP contribution is -2.25. The van der Waals surface area contributed by atoms with E-state index in [0.717, 1.165) is 0 Å². The van der Waals surface area contributed by atoms with E-state index < -0.39 is 6.16 Å². The van der Waals surface area contributed by atoms with Crippen LogP contribution in [0.2, 0.25) is 0 Å². The van der Waals surface area contributed by atoms with Crippen molar-refractivity contribution in [3.8, 4) is 0 Å². The summed E-state index contributed by atoms with van der Waals surface area (Å²) in [6, 6.07) is 0. The van der Waals surface area contributed by atoms with Gasteiger partial charge in [0.15, 0.2) is 6.10 Å². The molecule has 0 aromatic heterocycles. The summed E-state index contributed by atoms with van der Waals surface area (Å²) in [6.45, 7) is 1.03. The van der Waals surface area contributed by atoms with Crippen LogP contribution in [0.4, 0.5) is 4.79 Å². The van der Waals surface area contributed by atoms with Crippen molar-refractivity contribution in [2.24, 2.45) is 0 Å². The molecule has 1 saturated heterocycles. The van der Waals surface area contributed by atoms with Gasteiger partial charge in [-0.15, -0.1) is 0 Å². The van der Waals surface area contributed by atoms with Crippen LogP contribution in [0.3, 0.4) is 0 Å². The summed E-state index contributed by atoms with van der Waals surface area (Å²) >= 11 is 0. The van der Waals surface area contributed by atoms with E-state index in [4.69, 9.17) is 0 Å². The lowest BCUT2D eigenvalue weighted by atomic mass is 10.4. The van der Waals surface area contributed by atoms with Gasteiger partial charge in [0.25, 0.3) is 0 Å². The van der Waals surface area contributed by atoms with Gasteiger partial charge in [0.05, 0.1) is 0 Å². The lowest BCUT2D eigenvalue weighted by Gasteiger charge is -2.02. The quantitative estimate of drug-likeness (QED) is 0.524. The molecule has 0 spiro atoms. The van der Waals surface area contributed by atoms with E-state index in [1.54, 1.807) is 7.05 Å². The fourth-order valence-electron chi connectivity index (χ4n) is 0.693. The molecule has 1 aliphatic rings. The molecule has 1 fully saturated rings. The van der Waals surface area contributed by atoms with Crippen LogP contribution < -0.4 is 5.32 Å². The highest BCUT2D eigenvalue weighted by Gasteiger charge is 2.23. The van der Waals surface area contributed by atoms with E-state index in [1.807, 2.05) is 0 Å². The monoisotopic (exact) mass is 131 g/mol. The molecule has 0 bridgehead atoms. The van der Waals surface area contributed by atoms with E-state index >= 15 is 0 Å². The van der Waals surface area contributed by atoms with Crippen LogP contribution in [0.5, 0.6) is 0 Å². The Morgan fingerprint density at radius 2 is 2.67 bits per heavy atom.